The minimum atomic E-state index is 1.07. The van der Waals surface area contributed by atoms with E-state index in [9.17, 15) is 0 Å². The first-order valence-electron chi connectivity index (χ1n) is 6.82. The molecular formula is C18H16. The Kier molecular flexibility index (Phi) is 2.16. The van der Waals surface area contributed by atoms with Crippen molar-refractivity contribution in [2.75, 3.05) is 0 Å². The third-order valence-electron chi connectivity index (χ3n) is 4.20. The van der Waals surface area contributed by atoms with Gasteiger partial charge >= 0.3 is 0 Å². The van der Waals surface area contributed by atoms with E-state index >= 15 is 0 Å². The molecule has 0 aliphatic heterocycles. The summed E-state index contributed by atoms with van der Waals surface area (Å²) in [4.78, 5) is 0. The molecule has 0 atom stereocenters. The molecule has 0 amide bonds. The van der Waals surface area contributed by atoms with Gasteiger partial charge in [0.15, 0.2) is 0 Å². The van der Waals surface area contributed by atoms with E-state index in [1.165, 1.54) is 40.0 Å². The normalized spacial score (nSPS) is 19.6. The molecule has 0 heterocycles. The zero-order chi connectivity index (χ0) is 11.9. The van der Waals surface area contributed by atoms with Crippen LogP contribution in [0.1, 0.15) is 36.8 Å². The number of fused-ring (bicyclic) bond motifs is 4. The number of rotatable bonds is 0. The van der Waals surface area contributed by atoms with Crippen molar-refractivity contribution in [3.63, 3.8) is 0 Å². The number of allylic oxidation sites excluding steroid dienone is 5. The van der Waals surface area contributed by atoms with E-state index in [0.717, 1.165) is 12.8 Å². The molecule has 0 radical (unpaired) electrons. The molecule has 1 aromatic rings. The molecule has 0 saturated carbocycles. The van der Waals surface area contributed by atoms with Crippen molar-refractivity contribution in [2.45, 2.75) is 25.7 Å². The van der Waals surface area contributed by atoms with Gasteiger partial charge in [0.2, 0.25) is 0 Å². The molecule has 88 valence electrons. The van der Waals surface area contributed by atoms with Crippen LogP contribution in [0.3, 0.4) is 0 Å². The van der Waals surface area contributed by atoms with Crippen LogP contribution >= 0.6 is 0 Å². The molecule has 1 aromatic carbocycles. The van der Waals surface area contributed by atoms with Crippen LogP contribution in [0.2, 0.25) is 0 Å². The summed E-state index contributed by atoms with van der Waals surface area (Å²) < 4.78 is 0. The maximum atomic E-state index is 2.43. The highest BCUT2D eigenvalue weighted by atomic mass is 14.2. The SMILES string of the molecule is C1=Cc2ccc3c(c2=CC1)=CCC1=C3C=CCC1. The summed E-state index contributed by atoms with van der Waals surface area (Å²) in [5.41, 5.74) is 5.93. The highest BCUT2D eigenvalue weighted by Gasteiger charge is 2.15. The van der Waals surface area contributed by atoms with Crippen molar-refractivity contribution in [1.29, 1.82) is 0 Å². The highest BCUT2D eigenvalue weighted by Crippen LogP contribution is 2.30. The summed E-state index contributed by atoms with van der Waals surface area (Å²) in [6.07, 6.45) is 18.6. The van der Waals surface area contributed by atoms with Crippen LogP contribution in [0.25, 0.3) is 23.8 Å². The first-order valence-corrected chi connectivity index (χ1v) is 6.82. The van der Waals surface area contributed by atoms with Gasteiger partial charge in [-0.1, -0.05) is 54.2 Å². The summed E-state index contributed by atoms with van der Waals surface area (Å²) in [6, 6.07) is 4.57. The van der Waals surface area contributed by atoms with Crippen LogP contribution in [0.5, 0.6) is 0 Å². The molecule has 0 nitrogen and oxygen atoms in total. The van der Waals surface area contributed by atoms with Crippen molar-refractivity contribution in [1.82, 2.24) is 0 Å². The average molecular weight is 232 g/mol. The summed E-state index contributed by atoms with van der Waals surface area (Å²) in [5.74, 6) is 0. The van der Waals surface area contributed by atoms with Crippen molar-refractivity contribution in [2.24, 2.45) is 0 Å². The summed E-state index contributed by atoms with van der Waals surface area (Å²) >= 11 is 0. The minimum absolute atomic E-state index is 1.07. The predicted octanol–water partition coefficient (Wildman–Crippen LogP) is 3.17. The van der Waals surface area contributed by atoms with Gasteiger partial charge < -0.3 is 0 Å². The van der Waals surface area contributed by atoms with E-state index in [2.05, 4.69) is 48.6 Å². The Morgan fingerprint density at radius 3 is 2.89 bits per heavy atom. The van der Waals surface area contributed by atoms with Crippen LogP contribution in [0.4, 0.5) is 0 Å². The van der Waals surface area contributed by atoms with E-state index in [1.54, 1.807) is 5.57 Å². The molecule has 0 N–H and O–H groups in total. The number of benzene rings is 1. The predicted molar refractivity (Wildman–Crippen MR) is 78.2 cm³/mol. The van der Waals surface area contributed by atoms with Crippen molar-refractivity contribution in [3.8, 4) is 0 Å². The lowest BCUT2D eigenvalue weighted by Crippen LogP contribution is -2.33. The second-order valence-electron chi connectivity index (χ2n) is 5.24. The van der Waals surface area contributed by atoms with Gasteiger partial charge in [-0.2, -0.15) is 0 Å². The topological polar surface area (TPSA) is 0 Å². The Balaban J connectivity index is 2.05. The van der Waals surface area contributed by atoms with Crippen LogP contribution in [-0.4, -0.2) is 0 Å². The summed E-state index contributed by atoms with van der Waals surface area (Å²) in [5, 5.41) is 2.91. The van der Waals surface area contributed by atoms with Crippen molar-refractivity contribution in [3.05, 3.63) is 57.5 Å². The Morgan fingerprint density at radius 1 is 0.889 bits per heavy atom. The van der Waals surface area contributed by atoms with E-state index in [4.69, 9.17) is 0 Å². The van der Waals surface area contributed by atoms with Gasteiger partial charge in [0.25, 0.3) is 0 Å². The average Bonchev–Trinajstić information content (AvgIpc) is 2.46. The zero-order valence-electron chi connectivity index (χ0n) is 10.4. The molecule has 0 saturated heterocycles. The van der Waals surface area contributed by atoms with E-state index in [0.29, 0.717) is 0 Å². The fraction of sp³-hybridized carbons (Fsp3) is 0.222. The van der Waals surface area contributed by atoms with E-state index < -0.39 is 0 Å². The first kappa shape index (κ1) is 10.1. The molecule has 0 unspecified atom stereocenters. The van der Waals surface area contributed by atoms with Crippen molar-refractivity contribution < 1.29 is 0 Å². The van der Waals surface area contributed by atoms with Crippen LogP contribution < -0.4 is 10.4 Å². The van der Waals surface area contributed by atoms with Crippen molar-refractivity contribution >= 4 is 23.8 Å². The number of hydrogen-bond acceptors (Lipinski definition) is 0. The summed E-state index contributed by atoms with van der Waals surface area (Å²) in [6.45, 7) is 0. The van der Waals surface area contributed by atoms with E-state index in [1.807, 2.05) is 0 Å². The lowest BCUT2D eigenvalue weighted by atomic mass is 9.84. The maximum absolute atomic E-state index is 2.43. The lowest BCUT2D eigenvalue weighted by Gasteiger charge is -2.21. The Hall–Kier alpha value is -1.82. The van der Waals surface area contributed by atoms with E-state index in [-0.39, 0.29) is 0 Å². The van der Waals surface area contributed by atoms with Crippen LogP contribution in [0.15, 0.2) is 35.9 Å². The second kappa shape index (κ2) is 3.84. The molecule has 0 fully saturated rings. The highest BCUT2D eigenvalue weighted by molar-refractivity contribution is 5.82. The van der Waals surface area contributed by atoms with Gasteiger partial charge in [0.05, 0.1) is 0 Å². The lowest BCUT2D eigenvalue weighted by molar-refractivity contribution is 0.935. The van der Waals surface area contributed by atoms with Gasteiger partial charge in [0, 0.05) is 0 Å². The monoisotopic (exact) mass is 232 g/mol. The Bertz CT molecular complexity index is 724. The molecule has 0 spiro atoms. The second-order valence-corrected chi connectivity index (χ2v) is 5.24. The molecule has 3 aliphatic carbocycles. The first-order chi connectivity index (χ1) is 8.93. The Morgan fingerprint density at radius 2 is 1.89 bits per heavy atom. The molecular weight excluding hydrogens is 216 g/mol. The van der Waals surface area contributed by atoms with Gasteiger partial charge in [-0.05, 0) is 52.8 Å². The molecule has 18 heavy (non-hydrogen) atoms. The van der Waals surface area contributed by atoms with Crippen LogP contribution in [0, 0.1) is 0 Å². The molecule has 0 heteroatoms. The zero-order valence-corrected chi connectivity index (χ0v) is 10.4. The number of hydrogen-bond donors (Lipinski definition) is 0. The maximum Gasteiger partial charge on any atom is -0.0109 e. The van der Waals surface area contributed by atoms with Gasteiger partial charge in [-0.25, -0.2) is 0 Å². The quantitative estimate of drug-likeness (QED) is 0.644. The fourth-order valence-corrected chi connectivity index (χ4v) is 3.29. The molecule has 0 bridgehead atoms. The Labute approximate surface area is 107 Å². The van der Waals surface area contributed by atoms with Gasteiger partial charge in [0.1, 0.15) is 0 Å². The van der Waals surface area contributed by atoms with Crippen LogP contribution in [-0.2, 0) is 0 Å². The fourth-order valence-electron chi connectivity index (χ4n) is 3.29. The van der Waals surface area contributed by atoms with Gasteiger partial charge in [-0.15, -0.1) is 0 Å². The molecule has 3 aliphatic rings. The minimum Gasteiger partial charge on any atom is -0.0836 e. The third kappa shape index (κ3) is 1.38. The largest absolute Gasteiger partial charge is 0.0836 e. The smallest absolute Gasteiger partial charge is 0.0109 e. The van der Waals surface area contributed by atoms with Gasteiger partial charge in [-0.3, -0.25) is 0 Å². The molecule has 4 rings (SSSR count). The molecule has 0 aromatic heterocycles. The standard InChI is InChI=1S/C18H16/c1-3-7-15-13(5-1)9-11-18-16-8-4-2-6-14(16)10-12-17(15)18/h1,4-5,7-9,11-12H,2-3,6,10H2. The summed E-state index contributed by atoms with van der Waals surface area (Å²) in [7, 11) is 0. The third-order valence-corrected chi connectivity index (χ3v) is 4.20.